The van der Waals surface area contributed by atoms with Crippen LogP contribution in [0.1, 0.15) is 18.3 Å². The molecule has 19 heavy (non-hydrogen) atoms. The summed E-state index contributed by atoms with van der Waals surface area (Å²) in [5, 5.41) is 6.43. The molecule has 98 valence electrons. The average molecular weight is 274 g/mol. The lowest BCUT2D eigenvalue weighted by molar-refractivity contribution is 0.669. The molecular formula is C15H16ClN3. The van der Waals surface area contributed by atoms with Crippen molar-refractivity contribution in [2.75, 3.05) is 0 Å². The minimum Gasteiger partial charge on any atom is -0.341 e. The van der Waals surface area contributed by atoms with Crippen LogP contribution in [0, 0.1) is 0 Å². The zero-order valence-corrected chi connectivity index (χ0v) is 11.9. The van der Waals surface area contributed by atoms with Crippen molar-refractivity contribution in [2.45, 2.75) is 19.9 Å². The molecule has 1 aromatic carbocycles. The average Bonchev–Trinajstić information content (AvgIpc) is 2.94. The number of fused-ring (bicyclic) bond motifs is 1. The molecule has 0 aliphatic carbocycles. The van der Waals surface area contributed by atoms with Crippen LogP contribution < -0.4 is 0 Å². The summed E-state index contributed by atoms with van der Waals surface area (Å²) in [5.74, 6) is 0. The SMILES string of the molecule is CCc1cc(Cn2ccc3cc(Cl)ccc32)n(C)n1. The van der Waals surface area contributed by atoms with Crippen molar-refractivity contribution < 1.29 is 0 Å². The lowest BCUT2D eigenvalue weighted by Crippen LogP contribution is -2.04. The Bertz CT molecular complexity index is 724. The molecule has 0 radical (unpaired) electrons. The number of hydrogen-bond donors (Lipinski definition) is 0. The maximum Gasteiger partial charge on any atom is 0.0645 e. The quantitative estimate of drug-likeness (QED) is 0.714. The van der Waals surface area contributed by atoms with Crippen LogP contribution >= 0.6 is 11.6 Å². The van der Waals surface area contributed by atoms with E-state index in [0.717, 1.165) is 23.7 Å². The van der Waals surface area contributed by atoms with Crippen molar-refractivity contribution in [2.24, 2.45) is 7.05 Å². The van der Waals surface area contributed by atoms with Crippen molar-refractivity contribution in [1.29, 1.82) is 0 Å². The Kier molecular flexibility index (Phi) is 3.07. The molecule has 3 aromatic rings. The third-order valence-corrected chi connectivity index (χ3v) is 3.69. The van der Waals surface area contributed by atoms with Crippen LogP contribution in [0.3, 0.4) is 0 Å². The van der Waals surface area contributed by atoms with Crippen LogP contribution in [0.25, 0.3) is 10.9 Å². The molecule has 0 spiro atoms. The number of aromatic nitrogens is 3. The molecule has 0 N–H and O–H groups in total. The Balaban J connectivity index is 1.98. The van der Waals surface area contributed by atoms with E-state index in [-0.39, 0.29) is 0 Å². The minimum atomic E-state index is 0.777. The van der Waals surface area contributed by atoms with E-state index in [1.165, 1.54) is 16.6 Å². The highest BCUT2D eigenvalue weighted by atomic mass is 35.5. The van der Waals surface area contributed by atoms with Crippen LogP contribution in [0.15, 0.2) is 36.5 Å². The van der Waals surface area contributed by atoms with Gasteiger partial charge in [0, 0.05) is 29.2 Å². The fraction of sp³-hybridized carbons (Fsp3) is 0.267. The van der Waals surface area contributed by atoms with Gasteiger partial charge in [-0.2, -0.15) is 5.10 Å². The largest absolute Gasteiger partial charge is 0.341 e. The number of halogens is 1. The highest BCUT2D eigenvalue weighted by molar-refractivity contribution is 6.31. The first-order valence-electron chi connectivity index (χ1n) is 6.43. The predicted octanol–water partition coefficient (Wildman–Crippen LogP) is 3.64. The summed E-state index contributed by atoms with van der Waals surface area (Å²) >= 11 is 6.01. The van der Waals surface area contributed by atoms with E-state index in [1.807, 2.05) is 23.9 Å². The number of nitrogens with zero attached hydrogens (tertiary/aromatic N) is 3. The third-order valence-electron chi connectivity index (χ3n) is 3.45. The van der Waals surface area contributed by atoms with Crippen molar-refractivity contribution >= 4 is 22.5 Å². The van der Waals surface area contributed by atoms with Gasteiger partial charge in [-0.1, -0.05) is 18.5 Å². The van der Waals surface area contributed by atoms with Gasteiger partial charge >= 0.3 is 0 Å². The first-order valence-corrected chi connectivity index (χ1v) is 6.81. The number of aryl methyl sites for hydroxylation is 2. The molecule has 0 saturated heterocycles. The van der Waals surface area contributed by atoms with Crippen molar-refractivity contribution in [3.05, 3.63) is 52.9 Å². The molecule has 0 fully saturated rings. The molecule has 0 aliphatic rings. The molecule has 0 atom stereocenters. The summed E-state index contributed by atoms with van der Waals surface area (Å²) in [4.78, 5) is 0. The summed E-state index contributed by atoms with van der Waals surface area (Å²) in [5.41, 5.74) is 3.55. The number of rotatable bonds is 3. The minimum absolute atomic E-state index is 0.777. The normalized spacial score (nSPS) is 11.3. The second-order valence-electron chi connectivity index (χ2n) is 4.75. The molecule has 4 heteroatoms. The zero-order chi connectivity index (χ0) is 13.4. The smallest absolute Gasteiger partial charge is 0.0645 e. The van der Waals surface area contributed by atoms with E-state index in [4.69, 9.17) is 11.6 Å². The number of hydrogen-bond acceptors (Lipinski definition) is 1. The Morgan fingerprint density at radius 3 is 2.79 bits per heavy atom. The molecule has 0 unspecified atom stereocenters. The van der Waals surface area contributed by atoms with Gasteiger partial charge in [0.2, 0.25) is 0 Å². The Hall–Kier alpha value is -1.74. The standard InChI is InChI=1S/C15H16ClN3/c1-3-13-9-14(18(2)17-13)10-19-7-6-11-8-12(16)4-5-15(11)19/h4-9H,3,10H2,1-2H3. The predicted molar refractivity (Wildman–Crippen MR) is 78.6 cm³/mol. The van der Waals surface area contributed by atoms with E-state index in [1.54, 1.807) is 0 Å². The second-order valence-corrected chi connectivity index (χ2v) is 5.19. The van der Waals surface area contributed by atoms with Gasteiger partial charge in [-0.05, 0) is 36.8 Å². The molecular weight excluding hydrogens is 258 g/mol. The van der Waals surface area contributed by atoms with Gasteiger partial charge in [-0.25, -0.2) is 0 Å². The summed E-state index contributed by atoms with van der Waals surface area (Å²) in [6.45, 7) is 2.95. The Morgan fingerprint density at radius 1 is 1.21 bits per heavy atom. The third kappa shape index (κ3) is 2.26. The summed E-state index contributed by atoms with van der Waals surface area (Å²) in [6.07, 6.45) is 3.06. The monoisotopic (exact) mass is 273 g/mol. The highest BCUT2D eigenvalue weighted by Crippen LogP contribution is 2.21. The molecule has 0 amide bonds. The van der Waals surface area contributed by atoms with Gasteiger partial charge in [0.05, 0.1) is 17.9 Å². The van der Waals surface area contributed by atoms with Crippen molar-refractivity contribution in [3.8, 4) is 0 Å². The maximum absolute atomic E-state index is 6.01. The maximum atomic E-state index is 6.01. The topological polar surface area (TPSA) is 22.8 Å². The highest BCUT2D eigenvalue weighted by Gasteiger charge is 2.07. The molecule has 0 bridgehead atoms. The van der Waals surface area contributed by atoms with Gasteiger partial charge in [-0.3, -0.25) is 4.68 Å². The first kappa shape index (κ1) is 12.3. The van der Waals surface area contributed by atoms with E-state index >= 15 is 0 Å². The fourth-order valence-corrected chi connectivity index (χ4v) is 2.56. The van der Waals surface area contributed by atoms with E-state index in [0.29, 0.717) is 0 Å². The van der Waals surface area contributed by atoms with Gasteiger partial charge in [0.15, 0.2) is 0 Å². The summed E-state index contributed by atoms with van der Waals surface area (Å²) < 4.78 is 4.18. The van der Waals surface area contributed by atoms with E-state index in [9.17, 15) is 0 Å². The van der Waals surface area contributed by atoms with Crippen LogP contribution in [0.4, 0.5) is 0 Å². The summed E-state index contributed by atoms with van der Waals surface area (Å²) in [7, 11) is 2.00. The fourth-order valence-electron chi connectivity index (χ4n) is 2.38. The number of benzene rings is 1. The van der Waals surface area contributed by atoms with Crippen molar-refractivity contribution in [1.82, 2.24) is 14.3 Å². The van der Waals surface area contributed by atoms with Gasteiger partial charge < -0.3 is 4.57 Å². The van der Waals surface area contributed by atoms with Crippen LogP contribution in [-0.2, 0) is 20.0 Å². The zero-order valence-electron chi connectivity index (χ0n) is 11.1. The summed E-state index contributed by atoms with van der Waals surface area (Å²) in [6, 6.07) is 10.3. The molecule has 2 aromatic heterocycles. The molecule has 3 nitrogen and oxygen atoms in total. The molecule has 3 rings (SSSR count). The lowest BCUT2D eigenvalue weighted by atomic mass is 10.2. The second kappa shape index (κ2) is 4.74. The van der Waals surface area contributed by atoms with Gasteiger partial charge in [0.25, 0.3) is 0 Å². The van der Waals surface area contributed by atoms with Crippen LogP contribution in [-0.4, -0.2) is 14.3 Å². The van der Waals surface area contributed by atoms with E-state index < -0.39 is 0 Å². The van der Waals surface area contributed by atoms with Crippen molar-refractivity contribution in [3.63, 3.8) is 0 Å². The Labute approximate surface area is 117 Å². The van der Waals surface area contributed by atoms with Crippen LogP contribution in [0.2, 0.25) is 5.02 Å². The molecule has 2 heterocycles. The first-order chi connectivity index (χ1) is 9.17. The van der Waals surface area contributed by atoms with E-state index in [2.05, 4.69) is 41.0 Å². The van der Waals surface area contributed by atoms with Gasteiger partial charge in [-0.15, -0.1) is 0 Å². The molecule has 0 saturated carbocycles. The van der Waals surface area contributed by atoms with Crippen LogP contribution in [0.5, 0.6) is 0 Å². The Morgan fingerprint density at radius 2 is 2.05 bits per heavy atom. The molecule has 0 aliphatic heterocycles. The lowest BCUT2D eigenvalue weighted by Gasteiger charge is -2.05. The van der Waals surface area contributed by atoms with Gasteiger partial charge in [0.1, 0.15) is 0 Å².